The zero-order chi connectivity index (χ0) is 15.1. The van der Waals surface area contributed by atoms with Crippen molar-refractivity contribution in [1.29, 1.82) is 0 Å². The summed E-state index contributed by atoms with van der Waals surface area (Å²) >= 11 is 12.0. The van der Waals surface area contributed by atoms with E-state index < -0.39 is 0 Å². The molecule has 0 aliphatic heterocycles. The molecule has 1 rings (SSSR count). The molecule has 0 fully saturated rings. The summed E-state index contributed by atoms with van der Waals surface area (Å²) < 4.78 is 5.03. The molecular weight excluding hydrogens is 301 g/mol. The van der Waals surface area contributed by atoms with Crippen LogP contribution in [0.3, 0.4) is 0 Å². The summed E-state index contributed by atoms with van der Waals surface area (Å²) in [6.45, 7) is 2.67. The van der Waals surface area contributed by atoms with Crippen molar-refractivity contribution in [1.82, 2.24) is 5.32 Å². The Morgan fingerprint density at radius 1 is 1.40 bits per heavy atom. The molecule has 0 heterocycles. The van der Waals surface area contributed by atoms with Crippen LogP contribution < -0.4 is 10.1 Å². The zero-order valence-electron chi connectivity index (χ0n) is 11.6. The molecule has 0 aromatic heterocycles. The maximum absolute atomic E-state index is 11.9. The van der Waals surface area contributed by atoms with Crippen LogP contribution in [0.1, 0.15) is 30.1 Å². The number of benzene rings is 1. The Bertz CT molecular complexity index is 443. The fraction of sp³-hybridized carbons (Fsp3) is 0.500. The third kappa shape index (κ3) is 4.85. The van der Waals surface area contributed by atoms with Crippen LogP contribution in [-0.4, -0.2) is 31.3 Å². The third-order valence-electron chi connectivity index (χ3n) is 2.94. The summed E-state index contributed by atoms with van der Waals surface area (Å²) in [5, 5.41) is 12.3. The maximum atomic E-state index is 11.9. The van der Waals surface area contributed by atoms with Crippen molar-refractivity contribution in [2.45, 2.75) is 19.8 Å². The second-order valence-corrected chi connectivity index (χ2v) is 5.47. The van der Waals surface area contributed by atoms with Crippen LogP contribution in [0.25, 0.3) is 0 Å². The molecule has 0 aliphatic carbocycles. The summed E-state index contributed by atoms with van der Waals surface area (Å²) in [4.78, 5) is 11.9. The van der Waals surface area contributed by atoms with Crippen molar-refractivity contribution in [3.8, 4) is 5.75 Å². The van der Waals surface area contributed by atoms with E-state index in [2.05, 4.69) is 5.32 Å². The molecular formula is C14H19Cl2NO3. The van der Waals surface area contributed by atoms with Crippen molar-refractivity contribution in [3.63, 3.8) is 0 Å². The Morgan fingerprint density at radius 2 is 2.00 bits per heavy atom. The van der Waals surface area contributed by atoms with Gasteiger partial charge < -0.3 is 15.2 Å². The molecule has 1 amide bonds. The average Bonchev–Trinajstić information content (AvgIpc) is 2.42. The van der Waals surface area contributed by atoms with Crippen molar-refractivity contribution < 1.29 is 14.6 Å². The fourth-order valence-electron chi connectivity index (χ4n) is 1.73. The number of aliphatic hydroxyl groups excluding tert-OH is 1. The number of methoxy groups -OCH3 is 1. The highest BCUT2D eigenvalue weighted by atomic mass is 35.5. The molecule has 0 spiro atoms. The van der Waals surface area contributed by atoms with Crippen LogP contribution in [0.2, 0.25) is 10.0 Å². The number of amides is 1. The Morgan fingerprint density at radius 3 is 2.50 bits per heavy atom. The Balaban J connectivity index is 2.56. The van der Waals surface area contributed by atoms with E-state index in [1.165, 1.54) is 19.2 Å². The first kappa shape index (κ1) is 17.1. The van der Waals surface area contributed by atoms with E-state index in [0.29, 0.717) is 27.9 Å². The second kappa shape index (κ2) is 8.35. The lowest BCUT2D eigenvalue weighted by Gasteiger charge is -2.10. The Kier molecular flexibility index (Phi) is 7.13. The summed E-state index contributed by atoms with van der Waals surface area (Å²) in [6.07, 6.45) is 1.67. The van der Waals surface area contributed by atoms with Gasteiger partial charge in [0.1, 0.15) is 0 Å². The highest BCUT2D eigenvalue weighted by Gasteiger charge is 2.13. The number of carbonyl (C=O) groups excluding carboxylic acids is 1. The molecule has 0 saturated heterocycles. The molecule has 20 heavy (non-hydrogen) atoms. The summed E-state index contributed by atoms with van der Waals surface area (Å²) in [5.41, 5.74) is 0.399. The van der Waals surface area contributed by atoms with Crippen molar-refractivity contribution in [2.75, 3.05) is 20.3 Å². The SMILES string of the molecule is COc1c(Cl)cc(C(=O)NCCCC(C)CO)cc1Cl. The third-order valence-corrected chi connectivity index (χ3v) is 3.50. The molecule has 0 aliphatic rings. The van der Waals surface area contributed by atoms with Gasteiger partial charge in [0.2, 0.25) is 0 Å². The Hall–Kier alpha value is -0.970. The van der Waals surface area contributed by atoms with E-state index >= 15 is 0 Å². The van der Waals surface area contributed by atoms with E-state index in [0.717, 1.165) is 12.8 Å². The lowest BCUT2D eigenvalue weighted by Crippen LogP contribution is -2.25. The number of halogens is 2. The maximum Gasteiger partial charge on any atom is 0.251 e. The summed E-state index contributed by atoms with van der Waals surface area (Å²) in [6, 6.07) is 3.05. The first-order chi connectivity index (χ1) is 9.49. The average molecular weight is 320 g/mol. The number of aliphatic hydroxyl groups is 1. The number of hydrogen-bond donors (Lipinski definition) is 2. The number of nitrogens with one attached hydrogen (secondary N) is 1. The van der Waals surface area contributed by atoms with Crippen LogP contribution in [-0.2, 0) is 0 Å². The smallest absolute Gasteiger partial charge is 0.251 e. The quantitative estimate of drug-likeness (QED) is 0.759. The minimum atomic E-state index is -0.229. The lowest BCUT2D eigenvalue weighted by atomic mass is 10.1. The summed E-state index contributed by atoms with van der Waals surface area (Å²) in [5.74, 6) is 0.381. The molecule has 1 atom stereocenters. The lowest BCUT2D eigenvalue weighted by molar-refractivity contribution is 0.0952. The molecule has 1 unspecified atom stereocenters. The molecule has 2 N–H and O–H groups in total. The van der Waals surface area contributed by atoms with Crippen molar-refractivity contribution in [2.24, 2.45) is 5.92 Å². The largest absolute Gasteiger partial charge is 0.494 e. The molecule has 0 radical (unpaired) electrons. The van der Waals surface area contributed by atoms with E-state index in [1.54, 1.807) is 0 Å². The van der Waals surface area contributed by atoms with E-state index in [9.17, 15) is 4.79 Å². The van der Waals surface area contributed by atoms with Crippen molar-refractivity contribution >= 4 is 29.1 Å². The van der Waals surface area contributed by atoms with Crippen molar-refractivity contribution in [3.05, 3.63) is 27.7 Å². The highest BCUT2D eigenvalue weighted by molar-refractivity contribution is 6.37. The van der Waals surface area contributed by atoms with E-state index in [4.69, 9.17) is 33.0 Å². The Labute approximate surface area is 129 Å². The van der Waals surface area contributed by atoms with Gasteiger partial charge in [-0.3, -0.25) is 4.79 Å². The predicted octanol–water partition coefficient (Wildman–Crippen LogP) is 3.14. The number of rotatable bonds is 7. The molecule has 0 saturated carbocycles. The van der Waals surface area contributed by atoms with E-state index in [-0.39, 0.29) is 18.4 Å². The standard InChI is InChI=1S/C14H19Cl2NO3/c1-9(8-18)4-3-5-17-14(19)10-6-11(15)13(20-2)12(16)7-10/h6-7,9,18H,3-5,8H2,1-2H3,(H,17,19). The fourth-order valence-corrected chi connectivity index (χ4v) is 2.37. The predicted molar refractivity (Wildman–Crippen MR) is 80.8 cm³/mol. The van der Waals surface area contributed by atoms with Crippen LogP contribution in [0.5, 0.6) is 5.75 Å². The molecule has 1 aromatic carbocycles. The van der Waals surface area contributed by atoms with Gasteiger partial charge in [-0.05, 0) is 30.9 Å². The topological polar surface area (TPSA) is 58.6 Å². The van der Waals surface area contributed by atoms with Gasteiger partial charge in [0.05, 0.1) is 17.2 Å². The normalized spacial score (nSPS) is 12.1. The first-order valence-corrected chi connectivity index (χ1v) is 7.17. The highest BCUT2D eigenvalue weighted by Crippen LogP contribution is 2.33. The monoisotopic (exact) mass is 319 g/mol. The van der Waals surface area contributed by atoms with Crippen LogP contribution >= 0.6 is 23.2 Å². The number of carbonyl (C=O) groups is 1. The molecule has 112 valence electrons. The number of ether oxygens (including phenoxy) is 1. The summed E-state index contributed by atoms with van der Waals surface area (Å²) in [7, 11) is 1.47. The van der Waals surface area contributed by atoms with Gasteiger partial charge in [0.25, 0.3) is 5.91 Å². The minimum absolute atomic E-state index is 0.164. The van der Waals surface area contributed by atoms with Crippen LogP contribution in [0.4, 0.5) is 0 Å². The molecule has 6 heteroatoms. The minimum Gasteiger partial charge on any atom is -0.494 e. The second-order valence-electron chi connectivity index (χ2n) is 4.66. The van der Waals surface area contributed by atoms with Gasteiger partial charge in [-0.25, -0.2) is 0 Å². The zero-order valence-corrected chi connectivity index (χ0v) is 13.1. The van der Waals surface area contributed by atoms with Crippen LogP contribution in [0.15, 0.2) is 12.1 Å². The van der Waals surface area contributed by atoms with Gasteiger partial charge in [-0.1, -0.05) is 30.1 Å². The van der Waals surface area contributed by atoms with Gasteiger partial charge >= 0.3 is 0 Å². The van der Waals surface area contributed by atoms with Crippen LogP contribution in [0, 0.1) is 5.92 Å². The molecule has 1 aromatic rings. The molecule has 0 bridgehead atoms. The molecule has 4 nitrogen and oxygen atoms in total. The van der Waals surface area contributed by atoms with Gasteiger partial charge in [0, 0.05) is 18.7 Å². The first-order valence-electron chi connectivity index (χ1n) is 6.41. The van der Waals surface area contributed by atoms with Gasteiger partial charge in [-0.2, -0.15) is 0 Å². The number of hydrogen-bond acceptors (Lipinski definition) is 3. The van der Waals surface area contributed by atoms with E-state index in [1.807, 2.05) is 6.92 Å². The van der Waals surface area contributed by atoms with Gasteiger partial charge in [-0.15, -0.1) is 0 Å². The van der Waals surface area contributed by atoms with Gasteiger partial charge in [0.15, 0.2) is 5.75 Å².